The molecule has 1 aromatic carbocycles. The maximum absolute atomic E-state index is 12.1. The fraction of sp³-hybridized carbons (Fsp3) is 0.462. The average Bonchev–Trinajstić information content (AvgIpc) is 2.48. The van der Waals surface area contributed by atoms with Crippen molar-refractivity contribution in [1.82, 2.24) is 9.62 Å². The van der Waals surface area contributed by atoms with Crippen LogP contribution in [-0.2, 0) is 14.8 Å². The molecular weight excluding hydrogens is 358 g/mol. The highest BCUT2D eigenvalue weighted by Crippen LogP contribution is 2.22. The van der Waals surface area contributed by atoms with E-state index in [0.717, 1.165) is 19.3 Å². The van der Waals surface area contributed by atoms with E-state index in [2.05, 4.69) is 20.7 Å². The Balaban J connectivity index is 2.00. The zero-order valence-electron chi connectivity index (χ0n) is 11.5. The molecule has 0 aliphatic carbocycles. The number of nitrogens with one attached hydrogen (secondary N) is 1. The number of nitrogen functional groups attached to an aromatic ring is 1. The predicted octanol–water partition coefficient (Wildman–Crippen LogP) is 1.32. The van der Waals surface area contributed by atoms with E-state index in [9.17, 15) is 13.2 Å². The largest absolute Gasteiger partial charge is 0.398 e. The first kappa shape index (κ1) is 16.3. The van der Waals surface area contributed by atoms with E-state index in [1.54, 1.807) is 4.90 Å². The Morgan fingerprint density at radius 3 is 2.57 bits per heavy atom. The minimum Gasteiger partial charge on any atom is -0.398 e. The average molecular weight is 376 g/mol. The molecule has 1 fully saturated rings. The Labute approximate surface area is 132 Å². The number of halogens is 1. The summed E-state index contributed by atoms with van der Waals surface area (Å²) < 4.78 is 27.1. The first-order valence-corrected chi connectivity index (χ1v) is 9.00. The van der Waals surface area contributed by atoms with E-state index in [4.69, 9.17) is 5.73 Å². The third-order valence-corrected chi connectivity index (χ3v) is 5.49. The monoisotopic (exact) mass is 375 g/mol. The van der Waals surface area contributed by atoms with Gasteiger partial charge in [0.2, 0.25) is 15.9 Å². The smallest absolute Gasteiger partial charge is 0.241 e. The molecular formula is C13H18BrN3O3S. The molecule has 2 rings (SSSR count). The van der Waals surface area contributed by atoms with Crippen LogP contribution in [0.15, 0.2) is 27.6 Å². The Kier molecular flexibility index (Phi) is 5.23. The number of carbonyl (C=O) groups excluding carboxylic acids is 1. The van der Waals surface area contributed by atoms with Gasteiger partial charge in [0, 0.05) is 23.2 Å². The molecule has 0 unspecified atom stereocenters. The first-order valence-electron chi connectivity index (χ1n) is 6.72. The number of hydrogen-bond acceptors (Lipinski definition) is 4. The highest BCUT2D eigenvalue weighted by atomic mass is 79.9. The van der Waals surface area contributed by atoms with Gasteiger partial charge in [-0.2, -0.15) is 0 Å². The number of amides is 1. The van der Waals surface area contributed by atoms with Crippen LogP contribution in [0.1, 0.15) is 19.3 Å². The molecule has 0 spiro atoms. The lowest BCUT2D eigenvalue weighted by molar-refractivity contribution is -0.130. The van der Waals surface area contributed by atoms with E-state index in [-0.39, 0.29) is 17.3 Å². The standard InChI is InChI=1S/C13H18BrN3O3S/c14-11-8-10(4-5-12(11)15)21(19,20)16-9-13(18)17-6-2-1-3-7-17/h4-5,8,16H,1-3,6-7,9,15H2. The Hall–Kier alpha value is -1.12. The molecule has 0 saturated carbocycles. The van der Waals surface area contributed by atoms with Gasteiger partial charge in [-0.05, 0) is 53.4 Å². The summed E-state index contributed by atoms with van der Waals surface area (Å²) in [7, 11) is -3.72. The maximum Gasteiger partial charge on any atom is 0.241 e. The van der Waals surface area contributed by atoms with Gasteiger partial charge in [0.05, 0.1) is 11.4 Å². The van der Waals surface area contributed by atoms with Gasteiger partial charge in [-0.3, -0.25) is 4.79 Å². The van der Waals surface area contributed by atoms with Gasteiger partial charge in [0.15, 0.2) is 0 Å². The third-order valence-electron chi connectivity index (χ3n) is 3.40. The molecule has 1 aliphatic heterocycles. The number of anilines is 1. The van der Waals surface area contributed by atoms with Gasteiger partial charge in [-0.1, -0.05) is 0 Å². The van der Waals surface area contributed by atoms with Crippen LogP contribution in [0.2, 0.25) is 0 Å². The van der Waals surface area contributed by atoms with E-state index >= 15 is 0 Å². The van der Waals surface area contributed by atoms with Gasteiger partial charge in [0.25, 0.3) is 0 Å². The summed E-state index contributed by atoms with van der Waals surface area (Å²) in [5.74, 6) is -0.187. The van der Waals surface area contributed by atoms with Crippen molar-refractivity contribution in [1.29, 1.82) is 0 Å². The van der Waals surface area contributed by atoms with Gasteiger partial charge in [0.1, 0.15) is 0 Å². The molecule has 1 aliphatic rings. The molecule has 6 nitrogen and oxygen atoms in total. The number of likely N-dealkylation sites (tertiary alicyclic amines) is 1. The zero-order chi connectivity index (χ0) is 15.5. The summed E-state index contributed by atoms with van der Waals surface area (Å²) in [6.45, 7) is 1.19. The van der Waals surface area contributed by atoms with Crippen molar-refractivity contribution in [2.24, 2.45) is 0 Å². The van der Waals surface area contributed by atoms with E-state index < -0.39 is 10.0 Å². The van der Waals surface area contributed by atoms with Crippen LogP contribution in [0.4, 0.5) is 5.69 Å². The molecule has 0 radical (unpaired) electrons. The van der Waals surface area contributed by atoms with Crippen LogP contribution < -0.4 is 10.5 Å². The van der Waals surface area contributed by atoms with Crippen LogP contribution in [0.3, 0.4) is 0 Å². The molecule has 1 amide bonds. The lowest BCUT2D eigenvalue weighted by Gasteiger charge is -2.26. The second-order valence-electron chi connectivity index (χ2n) is 4.95. The molecule has 1 saturated heterocycles. The Morgan fingerprint density at radius 2 is 1.95 bits per heavy atom. The summed E-state index contributed by atoms with van der Waals surface area (Å²) in [6, 6.07) is 4.34. The van der Waals surface area contributed by atoms with Crippen LogP contribution in [0.25, 0.3) is 0 Å². The first-order chi connectivity index (χ1) is 9.90. The van der Waals surface area contributed by atoms with Crippen molar-refractivity contribution in [2.75, 3.05) is 25.4 Å². The van der Waals surface area contributed by atoms with Gasteiger partial charge in [-0.15, -0.1) is 0 Å². The number of sulfonamides is 1. The number of rotatable bonds is 4. The van der Waals surface area contributed by atoms with Crippen LogP contribution in [0, 0.1) is 0 Å². The van der Waals surface area contributed by atoms with E-state index in [1.807, 2.05) is 0 Å². The van der Waals surface area contributed by atoms with Crippen molar-refractivity contribution < 1.29 is 13.2 Å². The highest BCUT2D eigenvalue weighted by Gasteiger charge is 2.20. The Morgan fingerprint density at radius 1 is 1.29 bits per heavy atom. The van der Waals surface area contributed by atoms with E-state index in [1.165, 1.54) is 18.2 Å². The topological polar surface area (TPSA) is 92.5 Å². The summed E-state index contributed by atoms with van der Waals surface area (Å²) in [5.41, 5.74) is 6.09. The number of nitrogens with zero attached hydrogens (tertiary/aromatic N) is 1. The van der Waals surface area contributed by atoms with Gasteiger partial charge >= 0.3 is 0 Å². The van der Waals surface area contributed by atoms with Crippen molar-refractivity contribution in [3.63, 3.8) is 0 Å². The van der Waals surface area contributed by atoms with Crippen molar-refractivity contribution in [3.05, 3.63) is 22.7 Å². The van der Waals surface area contributed by atoms with Crippen LogP contribution in [0.5, 0.6) is 0 Å². The zero-order valence-corrected chi connectivity index (χ0v) is 13.9. The number of piperidine rings is 1. The van der Waals surface area contributed by atoms with E-state index in [0.29, 0.717) is 23.2 Å². The second kappa shape index (κ2) is 6.76. The summed E-state index contributed by atoms with van der Waals surface area (Å²) in [4.78, 5) is 13.7. The number of hydrogen-bond donors (Lipinski definition) is 2. The fourth-order valence-corrected chi connectivity index (χ4v) is 3.70. The maximum atomic E-state index is 12.1. The molecule has 0 aromatic heterocycles. The number of carbonyl (C=O) groups is 1. The van der Waals surface area contributed by atoms with Crippen molar-refractivity contribution in [3.8, 4) is 0 Å². The van der Waals surface area contributed by atoms with Gasteiger partial charge < -0.3 is 10.6 Å². The molecule has 8 heteroatoms. The third kappa shape index (κ3) is 4.18. The SMILES string of the molecule is Nc1ccc(S(=O)(=O)NCC(=O)N2CCCCC2)cc1Br. The summed E-state index contributed by atoms with van der Waals surface area (Å²) in [6.07, 6.45) is 3.07. The Bertz CT molecular complexity index is 628. The molecule has 21 heavy (non-hydrogen) atoms. The van der Waals surface area contributed by atoms with Gasteiger partial charge in [-0.25, -0.2) is 13.1 Å². The number of benzene rings is 1. The second-order valence-corrected chi connectivity index (χ2v) is 7.57. The van der Waals surface area contributed by atoms with Crippen molar-refractivity contribution >= 4 is 37.5 Å². The number of nitrogens with two attached hydrogens (primary N) is 1. The highest BCUT2D eigenvalue weighted by molar-refractivity contribution is 9.10. The fourth-order valence-electron chi connectivity index (χ4n) is 2.17. The van der Waals surface area contributed by atoms with Crippen LogP contribution >= 0.6 is 15.9 Å². The predicted molar refractivity (Wildman–Crippen MR) is 84.2 cm³/mol. The lowest BCUT2D eigenvalue weighted by Crippen LogP contribution is -2.42. The molecule has 116 valence electrons. The van der Waals surface area contributed by atoms with Crippen LogP contribution in [-0.4, -0.2) is 38.9 Å². The molecule has 0 bridgehead atoms. The minimum absolute atomic E-state index is 0.0787. The summed E-state index contributed by atoms with van der Waals surface area (Å²) in [5, 5.41) is 0. The molecule has 0 atom stereocenters. The molecule has 3 N–H and O–H groups in total. The lowest BCUT2D eigenvalue weighted by atomic mass is 10.1. The minimum atomic E-state index is -3.72. The quantitative estimate of drug-likeness (QED) is 0.776. The molecule has 1 heterocycles. The normalized spacial score (nSPS) is 16.0. The van der Waals surface area contributed by atoms with Crippen molar-refractivity contribution in [2.45, 2.75) is 24.2 Å². The molecule has 1 aromatic rings. The summed E-state index contributed by atoms with van der Waals surface area (Å²) >= 11 is 3.19.